The third-order valence-corrected chi connectivity index (χ3v) is 2.99. The number of nitrogens with zero attached hydrogens (tertiary/aromatic N) is 3. The zero-order chi connectivity index (χ0) is 11.1. The molecule has 0 aliphatic rings. The zero-order valence-electron chi connectivity index (χ0n) is 7.26. The molecule has 2 rings (SSSR count). The molecule has 2 aromatic rings. The summed E-state index contributed by atoms with van der Waals surface area (Å²) in [5.41, 5.74) is 0.672. The first-order valence-corrected chi connectivity index (χ1v) is 6.72. The third-order valence-electron chi connectivity index (χ3n) is 1.77. The monoisotopic (exact) mass is 265 g/mol. The molecule has 0 atom stereocenters. The Kier molecular flexibility index (Phi) is 2.57. The second-order valence-electron chi connectivity index (χ2n) is 2.83. The molecule has 0 saturated heterocycles. The van der Waals surface area contributed by atoms with Gasteiger partial charge in [-0.15, -0.1) is 0 Å². The predicted molar refractivity (Wildman–Crippen MR) is 56.5 cm³/mol. The lowest BCUT2D eigenvalue weighted by Gasteiger charge is -2.00. The smallest absolute Gasteiger partial charge is 0.238 e. The molecular formula is C7H5Cl2N3O2S. The molecule has 2 heterocycles. The van der Waals surface area contributed by atoms with Crippen molar-refractivity contribution in [2.75, 3.05) is 0 Å². The summed E-state index contributed by atoms with van der Waals surface area (Å²) in [6.45, 7) is 0. The number of fused-ring (bicyclic) bond motifs is 1. The Morgan fingerprint density at radius 3 is 2.80 bits per heavy atom. The van der Waals surface area contributed by atoms with Crippen LogP contribution in [0.2, 0.25) is 5.15 Å². The first kappa shape index (κ1) is 10.7. The van der Waals surface area contributed by atoms with Crippen molar-refractivity contribution in [3.63, 3.8) is 0 Å². The lowest BCUT2D eigenvalue weighted by molar-refractivity contribution is 0.608. The minimum absolute atomic E-state index is 0.277. The van der Waals surface area contributed by atoms with Crippen LogP contribution in [0.3, 0.4) is 0 Å². The lowest BCUT2D eigenvalue weighted by atomic mass is 10.5. The minimum atomic E-state index is -3.65. The highest BCUT2D eigenvalue weighted by Gasteiger charge is 2.13. The van der Waals surface area contributed by atoms with Gasteiger partial charge in [0, 0.05) is 23.1 Å². The van der Waals surface area contributed by atoms with E-state index in [-0.39, 0.29) is 11.4 Å². The van der Waals surface area contributed by atoms with Gasteiger partial charge in [-0.25, -0.2) is 13.4 Å². The summed E-state index contributed by atoms with van der Waals surface area (Å²) < 4.78 is 23.3. The van der Waals surface area contributed by atoms with E-state index in [0.29, 0.717) is 10.8 Å². The highest BCUT2D eigenvalue weighted by Crippen LogP contribution is 2.16. The summed E-state index contributed by atoms with van der Waals surface area (Å²) in [5, 5.41) is 0.389. The van der Waals surface area contributed by atoms with E-state index in [0.717, 1.165) is 0 Å². The van der Waals surface area contributed by atoms with E-state index >= 15 is 0 Å². The van der Waals surface area contributed by atoms with Crippen LogP contribution in [0.1, 0.15) is 5.69 Å². The first-order chi connectivity index (χ1) is 6.97. The van der Waals surface area contributed by atoms with Crippen molar-refractivity contribution in [3.05, 3.63) is 29.4 Å². The second-order valence-corrected chi connectivity index (χ2v) is 6.00. The third kappa shape index (κ3) is 2.22. The molecule has 8 heteroatoms. The standard InChI is InChI=1S/C7H5Cl2N3O2S/c8-6-3-11-7-5(4-15(9,13)14)10-1-2-12(6)7/h1-3H,4H2. The fraction of sp³-hybridized carbons (Fsp3) is 0.143. The van der Waals surface area contributed by atoms with E-state index in [1.807, 2.05) is 0 Å². The van der Waals surface area contributed by atoms with E-state index in [1.165, 1.54) is 16.8 Å². The van der Waals surface area contributed by atoms with Crippen LogP contribution >= 0.6 is 22.3 Å². The van der Waals surface area contributed by atoms with Gasteiger partial charge in [-0.1, -0.05) is 11.6 Å². The Morgan fingerprint density at radius 2 is 2.13 bits per heavy atom. The van der Waals surface area contributed by atoms with Crippen molar-refractivity contribution in [1.29, 1.82) is 0 Å². The molecule has 0 aliphatic carbocycles. The Labute approximate surface area is 95.1 Å². The van der Waals surface area contributed by atoms with Crippen molar-refractivity contribution >= 4 is 37.0 Å². The average molecular weight is 266 g/mol. The van der Waals surface area contributed by atoms with Crippen molar-refractivity contribution in [1.82, 2.24) is 14.4 Å². The van der Waals surface area contributed by atoms with Gasteiger partial charge in [-0.2, -0.15) is 0 Å². The molecule has 2 aromatic heterocycles. The van der Waals surface area contributed by atoms with E-state index in [1.54, 1.807) is 6.20 Å². The van der Waals surface area contributed by atoms with Crippen LogP contribution in [0.25, 0.3) is 5.65 Å². The van der Waals surface area contributed by atoms with Gasteiger partial charge in [-0.3, -0.25) is 9.38 Å². The second kappa shape index (κ2) is 3.62. The molecule has 0 saturated carbocycles. The Morgan fingerprint density at radius 1 is 1.40 bits per heavy atom. The van der Waals surface area contributed by atoms with E-state index < -0.39 is 9.05 Å². The molecule has 0 bridgehead atoms. The zero-order valence-corrected chi connectivity index (χ0v) is 9.59. The largest absolute Gasteiger partial charge is 0.287 e. The van der Waals surface area contributed by atoms with Crippen molar-refractivity contribution in [2.45, 2.75) is 5.75 Å². The highest BCUT2D eigenvalue weighted by molar-refractivity contribution is 8.13. The molecule has 0 unspecified atom stereocenters. The van der Waals surface area contributed by atoms with Crippen LogP contribution in [0, 0.1) is 0 Å². The van der Waals surface area contributed by atoms with Gasteiger partial charge in [0.15, 0.2) is 5.65 Å². The Bertz CT molecular complexity index is 608. The minimum Gasteiger partial charge on any atom is -0.287 e. The molecule has 0 N–H and O–H groups in total. The summed E-state index contributed by atoms with van der Waals surface area (Å²) in [5.74, 6) is -0.369. The molecule has 0 amide bonds. The topological polar surface area (TPSA) is 64.3 Å². The summed E-state index contributed by atoms with van der Waals surface area (Å²) in [4.78, 5) is 7.85. The maximum atomic E-state index is 10.9. The molecule has 5 nitrogen and oxygen atoms in total. The molecule has 0 fully saturated rings. The first-order valence-electron chi connectivity index (χ1n) is 3.86. The van der Waals surface area contributed by atoms with E-state index in [2.05, 4.69) is 9.97 Å². The SMILES string of the molecule is O=S(=O)(Cl)Cc1nccn2c(Cl)cnc12. The van der Waals surface area contributed by atoms with Crippen LogP contribution in [0.15, 0.2) is 18.6 Å². The summed E-state index contributed by atoms with van der Waals surface area (Å²) in [7, 11) is 1.49. The maximum Gasteiger partial charge on any atom is 0.238 e. The van der Waals surface area contributed by atoms with Crippen LogP contribution in [-0.2, 0) is 14.8 Å². The quantitative estimate of drug-likeness (QED) is 0.772. The molecule has 0 aromatic carbocycles. The fourth-order valence-electron chi connectivity index (χ4n) is 1.21. The molecule has 0 aliphatic heterocycles. The summed E-state index contributed by atoms with van der Waals surface area (Å²) in [6, 6.07) is 0. The molecule has 80 valence electrons. The van der Waals surface area contributed by atoms with Gasteiger partial charge in [0.05, 0.1) is 11.9 Å². The van der Waals surface area contributed by atoms with Crippen molar-refractivity contribution in [2.24, 2.45) is 0 Å². The maximum absolute atomic E-state index is 10.9. The van der Waals surface area contributed by atoms with Gasteiger partial charge < -0.3 is 0 Å². The van der Waals surface area contributed by atoms with Crippen LogP contribution < -0.4 is 0 Å². The summed E-state index contributed by atoms with van der Waals surface area (Å²) >= 11 is 5.81. The Hall–Kier alpha value is -0.850. The number of hydrogen-bond acceptors (Lipinski definition) is 4. The van der Waals surface area contributed by atoms with Crippen molar-refractivity contribution in [3.8, 4) is 0 Å². The van der Waals surface area contributed by atoms with Gasteiger partial charge in [-0.05, 0) is 0 Å². The Balaban J connectivity index is 2.62. The lowest BCUT2D eigenvalue weighted by Crippen LogP contribution is -2.01. The van der Waals surface area contributed by atoms with Crippen LogP contribution in [-0.4, -0.2) is 22.8 Å². The molecule has 0 spiro atoms. The number of hydrogen-bond donors (Lipinski definition) is 0. The molecule has 15 heavy (non-hydrogen) atoms. The summed E-state index contributed by atoms with van der Waals surface area (Å²) in [6.07, 6.45) is 4.45. The van der Waals surface area contributed by atoms with Gasteiger partial charge >= 0.3 is 0 Å². The average Bonchev–Trinajstić information content (AvgIpc) is 2.47. The number of halogens is 2. The molecular weight excluding hydrogens is 261 g/mol. The normalized spacial score (nSPS) is 12.1. The van der Waals surface area contributed by atoms with Gasteiger partial charge in [0.25, 0.3) is 0 Å². The number of rotatable bonds is 2. The predicted octanol–water partition coefficient (Wildman–Crippen LogP) is 1.45. The highest BCUT2D eigenvalue weighted by atomic mass is 35.7. The van der Waals surface area contributed by atoms with E-state index in [4.69, 9.17) is 22.3 Å². The van der Waals surface area contributed by atoms with Crippen LogP contribution in [0.4, 0.5) is 0 Å². The fourth-order valence-corrected chi connectivity index (χ4v) is 2.23. The van der Waals surface area contributed by atoms with Crippen molar-refractivity contribution < 1.29 is 8.42 Å². The van der Waals surface area contributed by atoms with Crippen LogP contribution in [0.5, 0.6) is 0 Å². The molecule has 0 radical (unpaired) electrons. The number of imidazole rings is 1. The number of aromatic nitrogens is 3. The van der Waals surface area contributed by atoms with Gasteiger partial charge in [0.2, 0.25) is 9.05 Å². The van der Waals surface area contributed by atoms with E-state index in [9.17, 15) is 8.42 Å². The van der Waals surface area contributed by atoms with Gasteiger partial charge in [0.1, 0.15) is 10.9 Å².